The van der Waals surface area contributed by atoms with E-state index in [4.69, 9.17) is 5.26 Å². The van der Waals surface area contributed by atoms with Crippen LogP contribution in [0.4, 0.5) is 4.39 Å². The average molecular weight is 255 g/mol. The summed E-state index contributed by atoms with van der Waals surface area (Å²) in [5, 5.41) is 8.71. The number of nitriles is 1. The van der Waals surface area contributed by atoms with E-state index in [0.29, 0.717) is 11.1 Å². The number of esters is 1. The van der Waals surface area contributed by atoms with Gasteiger partial charge in [-0.3, -0.25) is 0 Å². The Morgan fingerprint density at radius 2 is 1.79 bits per heavy atom. The first kappa shape index (κ1) is 12.8. The van der Waals surface area contributed by atoms with E-state index in [1.807, 2.05) is 6.07 Å². The van der Waals surface area contributed by atoms with Crippen molar-refractivity contribution >= 4 is 5.97 Å². The van der Waals surface area contributed by atoms with E-state index in [1.165, 1.54) is 19.2 Å². The first-order valence-electron chi connectivity index (χ1n) is 5.54. The molecule has 2 aromatic carbocycles. The summed E-state index contributed by atoms with van der Waals surface area (Å²) in [6.07, 6.45) is 0. The van der Waals surface area contributed by atoms with Gasteiger partial charge in [0.05, 0.1) is 24.3 Å². The van der Waals surface area contributed by atoms with Gasteiger partial charge in [0, 0.05) is 0 Å². The normalized spacial score (nSPS) is 9.74. The molecule has 0 N–H and O–H groups in total. The Morgan fingerprint density at radius 3 is 2.32 bits per heavy atom. The van der Waals surface area contributed by atoms with Crippen LogP contribution in [0.25, 0.3) is 11.1 Å². The average Bonchev–Trinajstić information content (AvgIpc) is 2.46. The van der Waals surface area contributed by atoms with Gasteiger partial charge in [-0.15, -0.1) is 0 Å². The van der Waals surface area contributed by atoms with Crippen LogP contribution in [0.2, 0.25) is 0 Å². The van der Waals surface area contributed by atoms with Gasteiger partial charge in [0.25, 0.3) is 0 Å². The summed E-state index contributed by atoms with van der Waals surface area (Å²) < 4.78 is 18.2. The smallest absolute Gasteiger partial charge is 0.340 e. The molecule has 0 radical (unpaired) electrons. The van der Waals surface area contributed by atoms with Crippen molar-refractivity contribution in [1.29, 1.82) is 5.26 Å². The molecule has 0 spiro atoms. The van der Waals surface area contributed by atoms with Crippen molar-refractivity contribution in [2.24, 2.45) is 0 Å². The molecule has 19 heavy (non-hydrogen) atoms. The second kappa shape index (κ2) is 5.32. The molecule has 0 aliphatic heterocycles. The van der Waals surface area contributed by atoms with Gasteiger partial charge >= 0.3 is 5.97 Å². The molecule has 0 atom stereocenters. The van der Waals surface area contributed by atoms with Crippen molar-refractivity contribution in [2.45, 2.75) is 0 Å². The zero-order chi connectivity index (χ0) is 13.8. The maximum absolute atomic E-state index is 13.8. The molecule has 4 heteroatoms. The number of halogens is 1. The van der Waals surface area contributed by atoms with E-state index in [9.17, 15) is 9.18 Å². The zero-order valence-electron chi connectivity index (χ0n) is 10.2. The Morgan fingerprint density at radius 1 is 1.16 bits per heavy atom. The zero-order valence-corrected chi connectivity index (χ0v) is 10.2. The Kier molecular flexibility index (Phi) is 3.58. The highest BCUT2D eigenvalue weighted by Gasteiger charge is 2.12. The predicted octanol–water partition coefficient (Wildman–Crippen LogP) is 3.15. The molecule has 3 nitrogen and oxygen atoms in total. The lowest BCUT2D eigenvalue weighted by Gasteiger charge is -2.05. The lowest BCUT2D eigenvalue weighted by Crippen LogP contribution is -2.04. The summed E-state index contributed by atoms with van der Waals surface area (Å²) in [6.45, 7) is 0. The fourth-order valence-corrected chi connectivity index (χ4v) is 1.71. The van der Waals surface area contributed by atoms with Crippen LogP contribution in [0.3, 0.4) is 0 Å². The highest BCUT2D eigenvalue weighted by atomic mass is 19.1. The van der Waals surface area contributed by atoms with E-state index in [1.54, 1.807) is 30.3 Å². The molecule has 0 fully saturated rings. The van der Waals surface area contributed by atoms with E-state index >= 15 is 0 Å². The summed E-state index contributed by atoms with van der Waals surface area (Å²) in [7, 11) is 1.20. The number of nitrogens with zero attached hydrogens (tertiary/aromatic N) is 1. The van der Waals surface area contributed by atoms with Gasteiger partial charge in [-0.1, -0.05) is 18.2 Å². The van der Waals surface area contributed by atoms with Gasteiger partial charge in [-0.05, 0) is 35.4 Å². The van der Waals surface area contributed by atoms with Gasteiger partial charge in [-0.2, -0.15) is 5.26 Å². The van der Waals surface area contributed by atoms with Crippen LogP contribution in [-0.4, -0.2) is 13.1 Å². The molecule has 0 unspecified atom stereocenters. The number of rotatable bonds is 2. The first-order valence-corrected chi connectivity index (χ1v) is 5.54. The highest BCUT2D eigenvalue weighted by Crippen LogP contribution is 2.22. The third-order valence-electron chi connectivity index (χ3n) is 2.72. The molecule has 0 amide bonds. The fraction of sp³-hybridized carbons (Fsp3) is 0.0667. The second-order valence-corrected chi connectivity index (χ2v) is 3.88. The minimum absolute atomic E-state index is 0.0973. The molecule has 0 aliphatic rings. The number of ether oxygens (including phenoxy) is 1. The van der Waals surface area contributed by atoms with Crippen LogP contribution < -0.4 is 0 Å². The van der Waals surface area contributed by atoms with Crippen LogP contribution >= 0.6 is 0 Å². The molecular formula is C15H10FNO2. The number of carbonyl (C=O) groups is 1. The van der Waals surface area contributed by atoms with Gasteiger partial charge in [0.2, 0.25) is 0 Å². The number of hydrogen-bond donors (Lipinski definition) is 0. The van der Waals surface area contributed by atoms with E-state index in [0.717, 1.165) is 5.56 Å². The van der Waals surface area contributed by atoms with Crippen molar-refractivity contribution < 1.29 is 13.9 Å². The molecule has 0 bridgehead atoms. The Hall–Kier alpha value is -2.67. The van der Waals surface area contributed by atoms with Crippen molar-refractivity contribution in [3.05, 3.63) is 59.4 Å². The molecule has 2 aromatic rings. The van der Waals surface area contributed by atoms with Gasteiger partial charge in [0.1, 0.15) is 5.82 Å². The molecule has 2 rings (SSSR count). The summed E-state index contributed by atoms with van der Waals surface area (Å²) in [4.78, 5) is 11.3. The van der Waals surface area contributed by atoms with Crippen molar-refractivity contribution in [2.75, 3.05) is 7.11 Å². The topological polar surface area (TPSA) is 50.1 Å². The quantitative estimate of drug-likeness (QED) is 0.774. The SMILES string of the molecule is COC(=O)c1ccc(-c2ccc(C#N)cc2)cc1F. The largest absolute Gasteiger partial charge is 0.465 e. The lowest BCUT2D eigenvalue weighted by molar-refractivity contribution is 0.0595. The Balaban J connectivity index is 2.39. The van der Waals surface area contributed by atoms with Gasteiger partial charge in [-0.25, -0.2) is 9.18 Å². The summed E-state index contributed by atoms with van der Waals surface area (Å²) in [5.41, 5.74) is 1.85. The fourth-order valence-electron chi connectivity index (χ4n) is 1.71. The number of benzene rings is 2. The predicted molar refractivity (Wildman–Crippen MR) is 67.9 cm³/mol. The van der Waals surface area contributed by atoms with Crippen molar-refractivity contribution in [3.8, 4) is 17.2 Å². The Bertz CT molecular complexity index is 657. The van der Waals surface area contributed by atoms with E-state index in [2.05, 4.69) is 4.74 Å². The van der Waals surface area contributed by atoms with Crippen LogP contribution in [0.15, 0.2) is 42.5 Å². The molecule has 0 saturated heterocycles. The highest BCUT2D eigenvalue weighted by molar-refractivity contribution is 5.90. The van der Waals surface area contributed by atoms with E-state index < -0.39 is 11.8 Å². The third-order valence-corrected chi connectivity index (χ3v) is 2.72. The van der Waals surface area contributed by atoms with Crippen LogP contribution in [0.5, 0.6) is 0 Å². The summed E-state index contributed by atoms with van der Waals surface area (Å²) >= 11 is 0. The minimum Gasteiger partial charge on any atom is -0.465 e. The molecular weight excluding hydrogens is 245 g/mol. The van der Waals surface area contributed by atoms with Gasteiger partial charge in [0.15, 0.2) is 0 Å². The Labute approximate surface area is 109 Å². The molecule has 94 valence electrons. The molecule has 0 heterocycles. The van der Waals surface area contributed by atoms with Crippen molar-refractivity contribution in [3.63, 3.8) is 0 Å². The second-order valence-electron chi connectivity index (χ2n) is 3.88. The maximum atomic E-state index is 13.8. The summed E-state index contributed by atoms with van der Waals surface area (Å²) in [6, 6.07) is 13.1. The molecule has 0 aromatic heterocycles. The number of methoxy groups -OCH3 is 1. The van der Waals surface area contributed by atoms with E-state index in [-0.39, 0.29) is 5.56 Å². The summed E-state index contributed by atoms with van der Waals surface area (Å²) in [5.74, 6) is -1.34. The standard InChI is InChI=1S/C15H10FNO2/c1-19-15(18)13-7-6-12(8-14(13)16)11-4-2-10(9-17)3-5-11/h2-8H,1H3. The number of hydrogen-bond acceptors (Lipinski definition) is 3. The third kappa shape index (κ3) is 2.61. The van der Waals surface area contributed by atoms with Crippen LogP contribution in [-0.2, 0) is 4.74 Å². The van der Waals surface area contributed by atoms with Crippen molar-refractivity contribution in [1.82, 2.24) is 0 Å². The van der Waals surface area contributed by atoms with Crippen LogP contribution in [0, 0.1) is 17.1 Å². The minimum atomic E-state index is -0.705. The van der Waals surface area contributed by atoms with Gasteiger partial charge < -0.3 is 4.74 Å². The van der Waals surface area contributed by atoms with Crippen LogP contribution in [0.1, 0.15) is 15.9 Å². The lowest BCUT2D eigenvalue weighted by atomic mass is 10.0. The number of carbonyl (C=O) groups excluding carboxylic acids is 1. The first-order chi connectivity index (χ1) is 9.15. The molecule has 0 saturated carbocycles. The maximum Gasteiger partial charge on any atom is 0.340 e. The molecule has 0 aliphatic carbocycles. The monoisotopic (exact) mass is 255 g/mol.